The lowest BCUT2D eigenvalue weighted by atomic mass is 10.1. The molecule has 0 aliphatic carbocycles. The van der Waals surface area contributed by atoms with Crippen molar-refractivity contribution >= 4 is 24.0 Å². The van der Waals surface area contributed by atoms with Crippen molar-refractivity contribution in [2.24, 2.45) is 5.73 Å². The molecular formula is C20H28ClN3O. The first-order valence-corrected chi connectivity index (χ1v) is 8.56. The van der Waals surface area contributed by atoms with Crippen LogP contribution in [0, 0.1) is 0 Å². The summed E-state index contributed by atoms with van der Waals surface area (Å²) in [5, 5.41) is 2.98. The molecule has 0 spiro atoms. The minimum atomic E-state index is 0. The summed E-state index contributed by atoms with van der Waals surface area (Å²) in [5.74, 6) is 0.00441. The van der Waals surface area contributed by atoms with Gasteiger partial charge in [0.1, 0.15) is 0 Å². The van der Waals surface area contributed by atoms with Gasteiger partial charge in [-0.2, -0.15) is 0 Å². The minimum Gasteiger partial charge on any atom is -0.329 e. The fourth-order valence-corrected chi connectivity index (χ4v) is 2.66. The lowest BCUT2D eigenvalue weighted by molar-refractivity contribution is -0.117. The molecule has 4 nitrogen and oxygen atoms in total. The highest BCUT2D eigenvalue weighted by atomic mass is 35.5. The van der Waals surface area contributed by atoms with Gasteiger partial charge in [0.2, 0.25) is 5.91 Å². The zero-order valence-corrected chi connectivity index (χ0v) is 15.6. The molecule has 0 unspecified atom stereocenters. The third kappa shape index (κ3) is 7.69. The molecule has 25 heavy (non-hydrogen) atoms. The van der Waals surface area contributed by atoms with E-state index in [1.807, 2.05) is 36.4 Å². The van der Waals surface area contributed by atoms with Crippen molar-refractivity contribution in [3.63, 3.8) is 0 Å². The second-order valence-electron chi connectivity index (χ2n) is 5.90. The zero-order chi connectivity index (χ0) is 17.2. The first-order valence-electron chi connectivity index (χ1n) is 8.56. The van der Waals surface area contributed by atoms with Crippen molar-refractivity contribution < 1.29 is 4.79 Å². The first-order chi connectivity index (χ1) is 11.7. The number of carbonyl (C=O) groups is 1. The van der Waals surface area contributed by atoms with E-state index in [9.17, 15) is 4.79 Å². The van der Waals surface area contributed by atoms with Crippen LogP contribution in [-0.4, -0.2) is 37.0 Å². The van der Waals surface area contributed by atoms with E-state index in [2.05, 4.69) is 35.3 Å². The van der Waals surface area contributed by atoms with Gasteiger partial charge in [0, 0.05) is 25.3 Å². The number of aryl methyl sites for hydroxylation is 1. The highest BCUT2D eigenvalue weighted by Gasteiger charge is 2.10. The number of halogens is 1. The lowest BCUT2D eigenvalue weighted by Gasteiger charge is -2.21. The average molecular weight is 362 g/mol. The van der Waals surface area contributed by atoms with Crippen molar-refractivity contribution in [3.8, 4) is 0 Å². The molecule has 0 aliphatic heterocycles. The predicted molar refractivity (Wildman–Crippen MR) is 107 cm³/mol. The summed E-state index contributed by atoms with van der Waals surface area (Å²) in [6.45, 7) is 4.56. The Kier molecular flexibility index (Phi) is 9.85. The van der Waals surface area contributed by atoms with E-state index in [1.165, 1.54) is 11.1 Å². The molecule has 0 saturated heterocycles. The van der Waals surface area contributed by atoms with Gasteiger partial charge in [-0.1, -0.05) is 49.4 Å². The van der Waals surface area contributed by atoms with Crippen LogP contribution < -0.4 is 11.1 Å². The number of hydrogen-bond acceptors (Lipinski definition) is 3. The molecule has 1 amide bonds. The van der Waals surface area contributed by atoms with E-state index in [4.69, 9.17) is 5.73 Å². The van der Waals surface area contributed by atoms with Gasteiger partial charge in [-0.3, -0.25) is 9.69 Å². The van der Waals surface area contributed by atoms with Crippen LogP contribution in [-0.2, 0) is 17.6 Å². The summed E-state index contributed by atoms with van der Waals surface area (Å²) in [7, 11) is 0. The second-order valence-corrected chi connectivity index (χ2v) is 5.90. The fraction of sp³-hybridized carbons (Fsp3) is 0.350. The van der Waals surface area contributed by atoms with Crippen LogP contribution in [0.25, 0.3) is 0 Å². The summed E-state index contributed by atoms with van der Waals surface area (Å²) >= 11 is 0. The van der Waals surface area contributed by atoms with Crippen LogP contribution >= 0.6 is 12.4 Å². The molecule has 0 heterocycles. The number of rotatable bonds is 9. The fourth-order valence-electron chi connectivity index (χ4n) is 2.66. The van der Waals surface area contributed by atoms with Gasteiger partial charge in [0.25, 0.3) is 0 Å². The molecule has 0 aliphatic rings. The molecule has 2 aromatic carbocycles. The van der Waals surface area contributed by atoms with Crippen LogP contribution in [0.1, 0.15) is 18.1 Å². The summed E-state index contributed by atoms with van der Waals surface area (Å²) in [4.78, 5) is 14.4. The minimum absolute atomic E-state index is 0. The summed E-state index contributed by atoms with van der Waals surface area (Å²) in [6.07, 6.45) is 1.87. The van der Waals surface area contributed by atoms with Crippen LogP contribution in [0.15, 0.2) is 54.6 Å². The number of hydrogen-bond donors (Lipinski definition) is 2. The third-order valence-electron chi connectivity index (χ3n) is 3.99. The van der Waals surface area contributed by atoms with Gasteiger partial charge in [-0.05, 0) is 36.1 Å². The quantitative estimate of drug-likeness (QED) is 0.721. The van der Waals surface area contributed by atoms with Gasteiger partial charge < -0.3 is 11.1 Å². The number of benzene rings is 2. The SMILES string of the molecule is CCc1cccc(NC(=O)CN(CCN)CCc2ccccc2)c1.Cl. The Morgan fingerprint density at radius 1 is 1.04 bits per heavy atom. The first kappa shape index (κ1) is 21.2. The van der Waals surface area contributed by atoms with Gasteiger partial charge in [0.15, 0.2) is 0 Å². The van der Waals surface area contributed by atoms with Crippen molar-refractivity contribution in [2.75, 3.05) is 31.5 Å². The number of nitrogens with one attached hydrogen (secondary N) is 1. The zero-order valence-electron chi connectivity index (χ0n) is 14.8. The molecule has 2 rings (SSSR count). The Bertz CT molecular complexity index is 634. The Morgan fingerprint density at radius 2 is 1.76 bits per heavy atom. The molecule has 0 fully saturated rings. The summed E-state index contributed by atoms with van der Waals surface area (Å²) in [6, 6.07) is 18.3. The molecular weight excluding hydrogens is 334 g/mol. The van der Waals surface area contributed by atoms with Crippen LogP contribution in [0.3, 0.4) is 0 Å². The Labute approximate surface area is 156 Å². The molecule has 0 saturated carbocycles. The predicted octanol–water partition coefficient (Wildman–Crippen LogP) is 3.11. The molecule has 2 aromatic rings. The van der Waals surface area contributed by atoms with E-state index in [0.29, 0.717) is 13.1 Å². The smallest absolute Gasteiger partial charge is 0.238 e. The molecule has 0 aromatic heterocycles. The highest BCUT2D eigenvalue weighted by Crippen LogP contribution is 2.11. The molecule has 3 N–H and O–H groups in total. The lowest BCUT2D eigenvalue weighted by Crippen LogP contribution is -2.38. The Morgan fingerprint density at radius 3 is 2.44 bits per heavy atom. The van der Waals surface area contributed by atoms with Crippen LogP contribution in [0.5, 0.6) is 0 Å². The maximum atomic E-state index is 12.3. The number of nitrogens with two attached hydrogens (primary N) is 1. The maximum absolute atomic E-state index is 12.3. The van der Waals surface area contributed by atoms with Crippen molar-refractivity contribution in [1.82, 2.24) is 4.90 Å². The van der Waals surface area contributed by atoms with Crippen LogP contribution in [0.4, 0.5) is 5.69 Å². The average Bonchev–Trinajstić information content (AvgIpc) is 2.61. The largest absolute Gasteiger partial charge is 0.329 e. The number of nitrogens with zero attached hydrogens (tertiary/aromatic N) is 1. The Balaban J connectivity index is 0.00000312. The van der Waals surface area contributed by atoms with E-state index in [0.717, 1.165) is 31.6 Å². The molecule has 136 valence electrons. The molecule has 5 heteroatoms. The number of anilines is 1. The van der Waals surface area contributed by atoms with E-state index >= 15 is 0 Å². The molecule has 0 radical (unpaired) electrons. The van der Waals surface area contributed by atoms with Crippen molar-refractivity contribution in [1.29, 1.82) is 0 Å². The van der Waals surface area contributed by atoms with Crippen molar-refractivity contribution in [3.05, 3.63) is 65.7 Å². The van der Waals surface area contributed by atoms with Gasteiger partial charge in [-0.15, -0.1) is 12.4 Å². The summed E-state index contributed by atoms with van der Waals surface area (Å²) in [5.41, 5.74) is 9.04. The molecule has 0 atom stereocenters. The van der Waals surface area contributed by atoms with Gasteiger partial charge in [0.05, 0.1) is 6.54 Å². The van der Waals surface area contributed by atoms with Crippen molar-refractivity contribution in [2.45, 2.75) is 19.8 Å². The monoisotopic (exact) mass is 361 g/mol. The highest BCUT2D eigenvalue weighted by molar-refractivity contribution is 5.92. The number of carbonyl (C=O) groups excluding carboxylic acids is 1. The molecule has 0 bridgehead atoms. The Hall–Kier alpha value is -1.88. The van der Waals surface area contributed by atoms with E-state index < -0.39 is 0 Å². The number of amides is 1. The second kappa shape index (κ2) is 11.6. The maximum Gasteiger partial charge on any atom is 0.238 e. The van der Waals surface area contributed by atoms with Gasteiger partial charge >= 0.3 is 0 Å². The normalized spacial score (nSPS) is 10.4. The van der Waals surface area contributed by atoms with Crippen LogP contribution in [0.2, 0.25) is 0 Å². The third-order valence-corrected chi connectivity index (χ3v) is 3.99. The van der Waals surface area contributed by atoms with E-state index in [1.54, 1.807) is 0 Å². The van der Waals surface area contributed by atoms with Gasteiger partial charge in [-0.25, -0.2) is 0 Å². The summed E-state index contributed by atoms with van der Waals surface area (Å²) < 4.78 is 0. The topological polar surface area (TPSA) is 58.4 Å². The van der Waals surface area contributed by atoms with E-state index in [-0.39, 0.29) is 18.3 Å². The standard InChI is InChI=1S/C20H27N3O.ClH/c1-2-17-9-6-10-19(15-17)22-20(24)16-23(14-12-21)13-11-18-7-4-3-5-8-18;/h3-10,15H,2,11-14,16,21H2,1H3,(H,22,24);1H.